The number of rotatable bonds is 9. The molecule has 6 heteroatoms. The molecule has 3 amide bonds. The fraction of sp³-hybridized carbons (Fsp3) is 0.375. The van der Waals surface area contributed by atoms with Crippen molar-refractivity contribution in [2.75, 3.05) is 0 Å². The van der Waals surface area contributed by atoms with Gasteiger partial charge in [0.25, 0.3) is 0 Å². The lowest BCUT2D eigenvalue weighted by molar-refractivity contribution is -0.147. The molecule has 0 spiro atoms. The standard InChI is InChI=1S/C24H28N2O4/c1-18(2)13-24(14-21(27)25-30-17-20-11-7-4-8-12-20)15-22(28)26(23(24)29)16-19-9-5-3-6-10-19/h3-12,18H,13-17H2,1-2H3,(H,25,27). The average molecular weight is 408 g/mol. The molecule has 2 aromatic carbocycles. The quantitative estimate of drug-likeness (QED) is 0.508. The minimum Gasteiger partial charge on any atom is -0.278 e. The van der Waals surface area contributed by atoms with E-state index in [2.05, 4.69) is 5.48 Å². The van der Waals surface area contributed by atoms with E-state index in [0.29, 0.717) is 6.42 Å². The molecule has 158 valence electrons. The molecular weight excluding hydrogens is 380 g/mol. The first kappa shape index (κ1) is 21.7. The van der Waals surface area contributed by atoms with Gasteiger partial charge in [-0.05, 0) is 23.5 Å². The summed E-state index contributed by atoms with van der Waals surface area (Å²) in [6.45, 7) is 4.44. The zero-order valence-corrected chi connectivity index (χ0v) is 17.5. The fourth-order valence-corrected chi connectivity index (χ4v) is 4.05. The van der Waals surface area contributed by atoms with Crippen LogP contribution in [0, 0.1) is 11.3 Å². The molecule has 1 aliphatic heterocycles. The number of hydrogen-bond donors (Lipinski definition) is 1. The number of carbonyl (C=O) groups is 3. The van der Waals surface area contributed by atoms with Crippen molar-refractivity contribution in [3.8, 4) is 0 Å². The predicted molar refractivity (Wildman–Crippen MR) is 112 cm³/mol. The van der Waals surface area contributed by atoms with Gasteiger partial charge < -0.3 is 0 Å². The number of hydroxylamine groups is 1. The predicted octanol–water partition coefficient (Wildman–Crippen LogP) is 3.62. The number of benzene rings is 2. The zero-order chi connectivity index (χ0) is 21.6. The van der Waals surface area contributed by atoms with E-state index in [4.69, 9.17) is 4.84 Å². The summed E-state index contributed by atoms with van der Waals surface area (Å²) < 4.78 is 0. The normalized spacial score (nSPS) is 18.8. The Labute approximate surface area is 177 Å². The summed E-state index contributed by atoms with van der Waals surface area (Å²) in [7, 11) is 0. The molecule has 3 rings (SSSR count). The molecule has 30 heavy (non-hydrogen) atoms. The Morgan fingerprint density at radius 3 is 2.23 bits per heavy atom. The molecule has 6 nitrogen and oxygen atoms in total. The van der Waals surface area contributed by atoms with Gasteiger partial charge in [-0.1, -0.05) is 74.5 Å². The van der Waals surface area contributed by atoms with E-state index in [9.17, 15) is 14.4 Å². The van der Waals surface area contributed by atoms with Crippen LogP contribution in [0.3, 0.4) is 0 Å². The summed E-state index contributed by atoms with van der Waals surface area (Å²) in [5, 5.41) is 0. The van der Waals surface area contributed by atoms with Gasteiger partial charge in [0, 0.05) is 12.8 Å². The highest BCUT2D eigenvalue weighted by Crippen LogP contribution is 2.42. The van der Waals surface area contributed by atoms with Crippen molar-refractivity contribution in [1.29, 1.82) is 0 Å². The summed E-state index contributed by atoms with van der Waals surface area (Å²) in [6, 6.07) is 18.9. The van der Waals surface area contributed by atoms with Gasteiger partial charge in [-0.15, -0.1) is 0 Å². The van der Waals surface area contributed by atoms with Gasteiger partial charge in [0.15, 0.2) is 0 Å². The third kappa shape index (κ3) is 5.33. The number of likely N-dealkylation sites (tertiary alicyclic amines) is 1. The van der Waals surface area contributed by atoms with Crippen LogP contribution in [0.25, 0.3) is 0 Å². The molecule has 1 saturated heterocycles. The number of hydrogen-bond acceptors (Lipinski definition) is 4. The van der Waals surface area contributed by atoms with Crippen LogP contribution in [0.4, 0.5) is 0 Å². The van der Waals surface area contributed by atoms with Crippen molar-refractivity contribution in [3.05, 3.63) is 71.8 Å². The first-order chi connectivity index (χ1) is 14.4. The molecule has 1 atom stereocenters. The van der Waals surface area contributed by atoms with E-state index in [-0.39, 0.29) is 43.7 Å². The maximum Gasteiger partial charge on any atom is 0.244 e. The van der Waals surface area contributed by atoms with E-state index in [0.717, 1.165) is 11.1 Å². The van der Waals surface area contributed by atoms with Crippen LogP contribution in [0.1, 0.15) is 44.2 Å². The Morgan fingerprint density at radius 1 is 1.03 bits per heavy atom. The Bertz CT molecular complexity index is 883. The van der Waals surface area contributed by atoms with Crippen LogP contribution in [0.15, 0.2) is 60.7 Å². The average Bonchev–Trinajstić information content (AvgIpc) is 2.93. The van der Waals surface area contributed by atoms with E-state index < -0.39 is 11.3 Å². The lowest BCUT2D eigenvalue weighted by Crippen LogP contribution is -2.40. The van der Waals surface area contributed by atoms with Gasteiger partial charge in [0.2, 0.25) is 17.7 Å². The zero-order valence-electron chi connectivity index (χ0n) is 17.5. The second kappa shape index (κ2) is 9.67. The molecule has 0 aliphatic carbocycles. The number of amides is 3. The van der Waals surface area contributed by atoms with Crippen LogP contribution in [-0.4, -0.2) is 22.6 Å². The largest absolute Gasteiger partial charge is 0.278 e. The second-order valence-electron chi connectivity index (χ2n) is 8.30. The highest BCUT2D eigenvalue weighted by Gasteiger charge is 2.52. The fourth-order valence-electron chi connectivity index (χ4n) is 4.05. The maximum atomic E-state index is 13.3. The second-order valence-corrected chi connectivity index (χ2v) is 8.30. The monoisotopic (exact) mass is 408 g/mol. The topological polar surface area (TPSA) is 75.7 Å². The SMILES string of the molecule is CC(C)CC1(CC(=O)NOCc2ccccc2)CC(=O)N(Cc2ccccc2)C1=O. The van der Waals surface area contributed by atoms with Crippen LogP contribution in [-0.2, 0) is 32.4 Å². The number of imide groups is 1. The van der Waals surface area contributed by atoms with Gasteiger partial charge in [-0.3, -0.25) is 24.1 Å². The smallest absolute Gasteiger partial charge is 0.244 e. The minimum absolute atomic E-state index is 0.0446. The summed E-state index contributed by atoms with van der Waals surface area (Å²) in [4.78, 5) is 45.2. The lowest BCUT2D eigenvalue weighted by Gasteiger charge is -2.28. The summed E-state index contributed by atoms with van der Waals surface area (Å²) in [5.74, 6) is -0.739. The molecule has 0 bridgehead atoms. The lowest BCUT2D eigenvalue weighted by atomic mass is 9.75. The summed E-state index contributed by atoms with van der Waals surface area (Å²) in [5.41, 5.74) is 3.22. The van der Waals surface area contributed by atoms with Crippen molar-refractivity contribution < 1.29 is 19.2 Å². The van der Waals surface area contributed by atoms with Gasteiger partial charge in [0.05, 0.1) is 18.6 Å². The Hall–Kier alpha value is -2.99. The number of nitrogens with zero attached hydrogens (tertiary/aromatic N) is 1. The molecule has 1 heterocycles. The first-order valence-electron chi connectivity index (χ1n) is 10.2. The van der Waals surface area contributed by atoms with Crippen molar-refractivity contribution in [2.24, 2.45) is 11.3 Å². The molecular formula is C24H28N2O4. The number of nitrogens with one attached hydrogen (secondary N) is 1. The molecule has 2 aromatic rings. The highest BCUT2D eigenvalue weighted by atomic mass is 16.6. The highest BCUT2D eigenvalue weighted by molar-refractivity contribution is 6.07. The van der Waals surface area contributed by atoms with Crippen LogP contribution < -0.4 is 5.48 Å². The van der Waals surface area contributed by atoms with Crippen molar-refractivity contribution in [3.63, 3.8) is 0 Å². The van der Waals surface area contributed by atoms with Crippen molar-refractivity contribution in [1.82, 2.24) is 10.4 Å². The third-order valence-corrected chi connectivity index (χ3v) is 5.24. The van der Waals surface area contributed by atoms with E-state index >= 15 is 0 Å². The molecule has 1 fully saturated rings. The molecule has 0 aromatic heterocycles. The maximum absolute atomic E-state index is 13.3. The first-order valence-corrected chi connectivity index (χ1v) is 10.2. The van der Waals surface area contributed by atoms with E-state index in [1.807, 2.05) is 74.5 Å². The molecule has 0 radical (unpaired) electrons. The molecule has 1 unspecified atom stereocenters. The number of carbonyl (C=O) groups excluding carboxylic acids is 3. The third-order valence-electron chi connectivity index (χ3n) is 5.24. The van der Waals surface area contributed by atoms with Crippen LogP contribution >= 0.6 is 0 Å². The van der Waals surface area contributed by atoms with Gasteiger partial charge in [-0.2, -0.15) is 0 Å². The van der Waals surface area contributed by atoms with E-state index in [1.165, 1.54) is 4.90 Å². The summed E-state index contributed by atoms with van der Waals surface area (Å²) >= 11 is 0. The van der Waals surface area contributed by atoms with Crippen LogP contribution in [0.5, 0.6) is 0 Å². The van der Waals surface area contributed by atoms with Crippen LogP contribution in [0.2, 0.25) is 0 Å². The molecule has 1 aliphatic rings. The van der Waals surface area contributed by atoms with E-state index in [1.54, 1.807) is 0 Å². The van der Waals surface area contributed by atoms with Gasteiger partial charge in [0.1, 0.15) is 0 Å². The minimum atomic E-state index is -1.03. The van der Waals surface area contributed by atoms with Gasteiger partial charge >= 0.3 is 0 Å². The molecule has 0 saturated carbocycles. The Morgan fingerprint density at radius 2 is 1.63 bits per heavy atom. The Kier molecular flexibility index (Phi) is 7.00. The molecule has 1 N–H and O–H groups in total. The van der Waals surface area contributed by atoms with Crippen molar-refractivity contribution >= 4 is 17.7 Å². The Balaban J connectivity index is 1.66. The van der Waals surface area contributed by atoms with Gasteiger partial charge in [-0.25, -0.2) is 5.48 Å². The summed E-state index contributed by atoms with van der Waals surface area (Å²) in [6.07, 6.45) is 0.438. The van der Waals surface area contributed by atoms with Crippen molar-refractivity contribution in [2.45, 2.75) is 46.3 Å².